The number of methoxy groups -OCH3 is 1. The first-order valence-corrected chi connectivity index (χ1v) is 11.4. The summed E-state index contributed by atoms with van der Waals surface area (Å²) in [6.07, 6.45) is 0.0468. The Balaban J connectivity index is 1.38. The van der Waals surface area contributed by atoms with Gasteiger partial charge in [0.1, 0.15) is 11.8 Å². The molecule has 0 aromatic heterocycles. The predicted molar refractivity (Wildman–Crippen MR) is 130 cm³/mol. The summed E-state index contributed by atoms with van der Waals surface area (Å²) >= 11 is 0. The molecule has 2 aliphatic rings. The summed E-state index contributed by atoms with van der Waals surface area (Å²) in [5.74, 6) is 1.28. The molecule has 1 fully saturated rings. The topological polar surface area (TPSA) is 86.3 Å². The third-order valence-corrected chi connectivity index (χ3v) is 6.07. The third-order valence-electron chi connectivity index (χ3n) is 6.07. The van der Waals surface area contributed by atoms with Crippen molar-refractivity contribution >= 4 is 29.1 Å². The maximum absolute atomic E-state index is 12.8. The van der Waals surface area contributed by atoms with Gasteiger partial charge >= 0.3 is 0 Å². The molecule has 2 amide bonds. The molecule has 2 heterocycles. The van der Waals surface area contributed by atoms with Gasteiger partial charge in [0.15, 0.2) is 0 Å². The number of guanidine groups is 1. The highest BCUT2D eigenvalue weighted by Crippen LogP contribution is 2.21. The first kappa shape index (κ1) is 22.6. The Kier molecular flexibility index (Phi) is 6.82. The number of hydrogen-bond acceptors (Lipinski definition) is 6. The van der Waals surface area contributed by atoms with Crippen LogP contribution in [0.5, 0.6) is 5.75 Å². The number of amides is 2. The second-order valence-electron chi connectivity index (χ2n) is 8.66. The Morgan fingerprint density at radius 1 is 1.03 bits per heavy atom. The van der Waals surface area contributed by atoms with E-state index >= 15 is 0 Å². The van der Waals surface area contributed by atoms with Crippen molar-refractivity contribution in [1.82, 2.24) is 10.2 Å². The minimum atomic E-state index is -0.738. The van der Waals surface area contributed by atoms with E-state index in [4.69, 9.17) is 4.74 Å². The number of carbonyl (C=O) groups excluding carboxylic acids is 2. The van der Waals surface area contributed by atoms with Crippen molar-refractivity contribution in [1.29, 1.82) is 0 Å². The van der Waals surface area contributed by atoms with Gasteiger partial charge in [-0.15, -0.1) is 0 Å². The number of aliphatic imine (C=N–C) groups is 1. The summed E-state index contributed by atoms with van der Waals surface area (Å²) in [4.78, 5) is 34.0. The van der Waals surface area contributed by atoms with Crippen molar-refractivity contribution < 1.29 is 14.3 Å². The maximum atomic E-state index is 12.8. The Morgan fingerprint density at radius 3 is 2.27 bits per heavy atom. The first-order valence-electron chi connectivity index (χ1n) is 11.4. The van der Waals surface area contributed by atoms with Crippen molar-refractivity contribution in [3.05, 3.63) is 54.1 Å². The molecule has 2 aliphatic heterocycles. The summed E-state index contributed by atoms with van der Waals surface area (Å²) in [7, 11) is 1.66. The number of carbonyl (C=O) groups is 2. The molecule has 0 saturated carbocycles. The Bertz CT molecular complexity index is 1010. The highest BCUT2D eigenvalue weighted by atomic mass is 16.5. The van der Waals surface area contributed by atoms with Crippen LogP contribution in [-0.4, -0.2) is 62.0 Å². The van der Waals surface area contributed by atoms with E-state index in [1.807, 2.05) is 53.4 Å². The van der Waals surface area contributed by atoms with Gasteiger partial charge < -0.3 is 19.9 Å². The summed E-state index contributed by atoms with van der Waals surface area (Å²) in [6, 6.07) is 15.0. The number of anilines is 2. The highest BCUT2D eigenvalue weighted by Gasteiger charge is 2.30. The van der Waals surface area contributed by atoms with Crippen LogP contribution in [0, 0.1) is 0 Å². The van der Waals surface area contributed by atoms with Crippen LogP contribution in [0.25, 0.3) is 0 Å². The molecule has 2 N–H and O–H groups in total. The van der Waals surface area contributed by atoms with Crippen LogP contribution in [0.3, 0.4) is 0 Å². The van der Waals surface area contributed by atoms with E-state index in [2.05, 4.69) is 34.4 Å². The largest absolute Gasteiger partial charge is 0.497 e. The molecule has 8 nitrogen and oxygen atoms in total. The van der Waals surface area contributed by atoms with E-state index in [1.165, 1.54) is 5.56 Å². The lowest BCUT2D eigenvalue weighted by atomic mass is 10.0. The lowest BCUT2D eigenvalue weighted by Gasteiger charge is -2.38. The van der Waals surface area contributed by atoms with E-state index in [1.54, 1.807) is 7.11 Å². The van der Waals surface area contributed by atoms with Gasteiger partial charge in [-0.3, -0.25) is 14.9 Å². The minimum absolute atomic E-state index is 0.0468. The third kappa shape index (κ3) is 5.45. The van der Waals surface area contributed by atoms with Crippen LogP contribution in [-0.2, 0) is 9.59 Å². The average molecular weight is 450 g/mol. The van der Waals surface area contributed by atoms with E-state index < -0.39 is 6.04 Å². The summed E-state index contributed by atoms with van der Waals surface area (Å²) < 4.78 is 5.23. The van der Waals surface area contributed by atoms with Crippen LogP contribution < -0.4 is 20.3 Å². The fourth-order valence-corrected chi connectivity index (χ4v) is 4.04. The van der Waals surface area contributed by atoms with Gasteiger partial charge in [0.25, 0.3) is 0 Å². The van der Waals surface area contributed by atoms with E-state index in [0.717, 1.165) is 24.5 Å². The molecule has 1 saturated heterocycles. The van der Waals surface area contributed by atoms with Gasteiger partial charge in [-0.05, 0) is 47.9 Å². The first-order chi connectivity index (χ1) is 15.9. The van der Waals surface area contributed by atoms with Crippen LogP contribution in [0.1, 0.15) is 31.7 Å². The molecule has 8 heteroatoms. The molecule has 0 bridgehead atoms. The molecule has 2 aromatic rings. The molecular weight excluding hydrogens is 418 g/mol. The number of nitrogens with zero attached hydrogens (tertiary/aromatic N) is 3. The number of benzene rings is 2. The lowest BCUT2D eigenvalue weighted by molar-refractivity contribution is -0.125. The van der Waals surface area contributed by atoms with Crippen molar-refractivity contribution in [2.75, 3.05) is 43.5 Å². The molecule has 0 unspecified atom stereocenters. The van der Waals surface area contributed by atoms with Crippen molar-refractivity contribution in [3.8, 4) is 5.75 Å². The summed E-state index contributed by atoms with van der Waals surface area (Å²) in [6.45, 7) is 7.25. The van der Waals surface area contributed by atoms with Gasteiger partial charge in [0, 0.05) is 37.6 Å². The molecule has 4 rings (SSSR count). The maximum Gasteiger partial charge on any atom is 0.249 e. The molecule has 0 aliphatic carbocycles. The predicted octanol–water partition coefficient (Wildman–Crippen LogP) is 2.82. The number of piperazine rings is 1. The normalized spacial score (nSPS) is 18.6. The number of ether oxygens (including phenoxy) is 1. The van der Waals surface area contributed by atoms with Gasteiger partial charge in [-0.25, -0.2) is 4.99 Å². The average Bonchev–Trinajstić information content (AvgIpc) is 2.84. The zero-order valence-electron chi connectivity index (χ0n) is 19.4. The fraction of sp³-hybridized carbons (Fsp3) is 0.400. The van der Waals surface area contributed by atoms with Crippen LogP contribution in [0.2, 0.25) is 0 Å². The molecule has 2 aromatic carbocycles. The lowest BCUT2D eigenvalue weighted by Crippen LogP contribution is -2.56. The fourth-order valence-electron chi connectivity index (χ4n) is 4.04. The molecule has 0 spiro atoms. The molecule has 174 valence electrons. The minimum Gasteiger partial charge on any atom is -0.497 e. The molecular formula is C25H31N5O3. The van der Waals surface area contributed by atoms with Crippen molar-refractivity contribution in [2.24, 2.45) is 4.99 Å². The number of hydrogen-bond donors (Lipinski definition) is 2. The standard InChI is InChI=1S/C25H31N5O3/c1-17(2)18-4-6-19(7-5-18)26-24(32)22-16-23(31)28-25(27-22)30-14-12-29(13-15-30)20-8-10-21(33-3)11-9-20/h4-11,17,22H,12-16H2,1-3H3,(H,26,32)(H,27,28,31)/t22-/m1/s1. The Hall–Kier alpha value is -3.55. The smallest absolute Gasteiger partial charge is 0.249 e. The van der Waals surface area contributed by atoms with Crippen LogP contribution >= 0.6 is 0 Å². The molecule has 33 heavy (non-hydrogen) atoms. The monoisotopic (exact) mass is 449 g/mol. The van der Waals surface area contributed by atoms with E-state index in [0.29, 0.717) is 30.7 Å². The van der Waals surface area contributed by atoms with Crippen LogP contribution in [0.4, 0.5) is 11.4 Å². The van der Waals surface area contributed by atoms with Crippen molar-refractivity contribution in [3.63, 3.8) is 0 Å². The van der Waals surface area contributed by atoms with Gasteiger partial charge in [-0.2, -0.15) is 0 Å². The zero-order chi connectivity index (χ0) is 23.4. The van der Waals surface area contributed by atoms with Gasteiger partial charge in [-0.1, -0.05) is 26.0 Å². The second-order valence-corrected chi connectivity index (χ2v) is 8.66. The summed E-state index contributed by atoms with van der Waals surface area (Å²) in [5, 5.41) is 5.74. The summed E-state index contributed by atoms with van der Waals surface area (Å²) in [5.41, 5.74) is 3.05. The van der Waals surface area contributed by atoms with Gasteiger partial charge in [0.05, 0.1) is 13.5 Å². The molecule has 1 atom stereocenters. The van der Waals surface area contributed by atoms with E-state index in [9.17, 15) is 9.59 Å². The number of rotatable bonds is 5. The quantitative estimate of drug-likeness (QED) is 0.733. The Labute approximate surface area is 194 Å². The van der Waals surface area contributed by atoms with Crippen LogP contribution in [0.15, 0.2) is 53.5 Å². The van der Waals surface area contributed by atoms with E-state index in [-0.39, 0.29) is 18.2 Å². The van der Waals surface area contributed by atoms with Gasteiger partial charge in [0.2, 0.25) is 17.8 Å². The Morgan fingerprint density at radius 2 is 1.67 bits per heavy atom. The number of nitrogens with one attached hydrogen (secondary N) is 2. The molecule has 0 radical (unpaired) electrons. The zero-order valence-corrected chi connectivity index (χ0v) is 19.4. The highest BCUT2D eigenvalue weighted by molar-refractivity contribution is 6.06. The SMILES string of the molecule is COc1ccc(N2CCN(C3=N[C@@H](C(=O)Nc4ccc(C(C)C)cc4)CC(=O)N3)CC2)cc1. The second kappa shape index (κ2) is 9.94. The van der Waals surface area contributed by atoms with Crippen molar-refractivity contribution in [2.45, 2.75) is 32.2 Å².